The van der Waals surface area contributed by atoms with Crippen LogP contribution in [0.1, 0.15) is 28.9 Å². The maximum absolute atomic E-state index is 5.96. The van der Waals surface area contributed by atoms with Crippen LogP contribution in [-0.4, -0.2) is 16.7 Å². The van der Waals surface area contributed by atoms with Crippen LogP contribution in [0.25, 0.3) is 0 Å². The molecular formula is C13H16ClN3S. The average Bonchev–Trinajstić information content (AvgIpc) is 2.77. The molecule has 0 aliphatic rings. The maximum atomic E-state index is 5.96. The van der Waals surface area contributed by atoms with E-state index in [1.54, 1.807) is 11.3 Å². The summed E-state index contributed by atoms with van der Waals surface area (Å²) in [5.41, 5.74) is 1.17. The van der Waals surface area contributed by atoms with E-state index in [2.05, 4.69) is 28.5 Å². The minimum absolute atomic E-state index is 0.766. The Balaban J connectivity index is 1.94. The molecule has 0 saturated heterocycles. The summed E-state index contributed by atoms with van der Waals surface area (Å²) in [4.78, 5) is 0. The highest BCUT2D eigenvalue weighted by Gasteiger charge is 2.05. The summed E-state index contributed by atoms with van der Waals surface area (Å²) in [6, 6.07) is 7.87. The maximum Gasteiger partial charge on any atom is 0.131 e. The molecule has 0 bridgehead atoms. The van der Waals surface area contributed by atoms with Crippen molar-refractivity contribution in [3.63, 3.8) is 0 Å². The van der Waals surface area contributed by atoms with Gasteiger partial charge in [0, 0.05) is 18.0 Å². The van der Waals surface area contributed by atoms with Crippen LogP contribution >= 0.6 is 22.9 Å². The van der Waals surface area contributed by atoms with Crippen molar-refractivity contribution in [2.24, 2.45) is 0 Å². The van der Waals surface area contributed by atoms with Gasteiger partial charge in [-0.05, 0) is 30.7 Å². The monoisotopic (exact) mass is 281 g/mol. The third-order valence-corrected chi connectivity index (χ3v) is 3.61. The van der Waals surface area contributed by atoms with Crippen molar-refractivity contribution < 1.29 is 0 Å². The van der Waals surface area contributed by atoms with E-state index in [4.69, 9.17) is 11.6 Å². The molecule has 0 amide bonds. The summed E-state index contributed by atoms with van der Waals surface area (Å²) in [6.07, 6.45) is 1.93. The number of benzene rings is 1. The summed E-state index contributed by atoms with van der Waals surface area (Å²) in [6.45, 7) is 3.97. The zero-order valence-electron chi connectivity index (χ0n) is 10.3. The molecule has 1 heterocycles. The first kappa shape index (κ1) is 13.5. The fraction of sp³-hybridized carbons (Fsp3) is 0.385. The van der Waals surface area contributed by atoms with Gasteiger partial charge in [0.2, 0.25) is 0 Å². The number of halogens is 1. The van der Waals surface area contributed by atoms with Crippen molar-refractivity contribution in [1.82, 2.24) is 15.5 Å². The predicted octanol–water partition coefficient (Wildman–Crippen LogP) is 3.28. The molecule has 0 spiro atoms. The highest BCUT2D eigenvalue weighted by molar-refractivity contribution is 7.11. The molecule has 1 aromatic carbocycles. The van der Waals surface area contributed by atoms with Gasteiger partial charge < -0.3 is 5.32 Å². The van der Waals surface area contributed by atoms with Gasteiger partial charge in [0.05, 0.1) is 0 Å². The molecule has 5 heteroatoms. The average molecular weight is 282 g/mol. The summed E-state index contributed by atoms with van der Waals surface area (Å²) in [5.74, 6) is 0. The molecule has 0 unspecified atom stereocenters. The molecule has 96 valence electrons. The van der Waals surface area contributed by atoms with E-state index in [1.165, 1.54) is 5.56 Å². The Labute approximate surface area is 116 Å². The van der Waals surface area contributed by atoms with E-state index in [0.29, 0.717) is 0 Å². The molecule has 0 fully saturated rings. The van der Waals surface area contributed by atoms with Crippen LogP contribution in [0, 0.1) is 0 Å². The van der Waals surface area contributed by atoms with Crippen LogP contribution in [0.5, 0.6) is 0 Å². The first-order valence-electron chi connectivity index (χ1n) is 6.04. The Bertz CT molecular complexity index is 498. The van der Waals surface area contributed by atoms with Crippen LogP contribution in [0.3, 0.4) is 0 Å². The summed E-state index contributed by atoms with van der Waals surface area (Å²) < 4.78 is 0. The van der Waals surface area contributed by atoms with Crippen LogP contribution in [0.2, 0.25) is 5.02 Å². The molecule has 18 heavy (non-hydrogen) atoms. The van der Waals surface area contributed by atoms with Crippen LogP contribution in [0.4, 0.5) is 0 Å². The molecule has 2 aromatic rings. The second-order valence-corrected chi connectivity index (χ2v) is 5.66. The van der Waals surface area contributed by atoms with Crippen LogP contribution in [-0.2, 0) is 13.0 Å². The van der Waals surface area contributed by atoms with Gasteiger partial charge in [-0.25, -0.2) is 0 Å². The molecule has 0 saturated carbocycles. The molecule has 3 nitrogen and oxygen atoms in total. The third kappa shape index (κ3) is 4.05. The normalized spacial score (nSPS) is 10.8. The topological polar surface area (TPSA) is 37.8 Å². The van der Waals surface area contributed by atoms with Gasteiger partial charge in [-0.3, -0.25) is 0 Å². The Hall–Kier alpha value is -0.970. The Morgan fingerprint density at radius 2 is 2.11 bits per heavy atom. The molecule has 1 N–H and O–H groups in total. The predicted molar refractivity (Wildman–Crippen MR) is 76.2 cm³/mol. The summed E-state index contributed by atoms with van der Waals surface area (Å²) >= 11 is 7.61. The van der Waals surface area contributed by atoms with E-state index in [0.717, 1.165) is 41.0 Å². The fourth-order valence-corrected chi connectivity index (χ4v) is 2.69. The summed E-state index contributed by atoms with van der Waals surface area (Å²) in [7, 11) is 0. The first-order chi connectivity index (χ1) is 8.78. The number of aromatic nitrogens is 2. The lowest BCUT2D eigenvalue weighted by atomic mass is 10.2. The summed E-state index contributed by atoms with van der Waals surface area (Å²) in [5, 5.41) is 14.6. The molecule has 2 rings (SSSR count). The molecule has 0 radical (unpaired) electrons. The van der Waals surface area contributed by atoms with Crippen molar-refractivity contribution in [2.75, 3.05) is 6.54 Å². The van der Waals surface area contributed by atoms with E-state index in [-0.39, 0.29) is 0 Å². The number of hydrogen-bond donors (Lipinski definition) is 1. The zero-order valence-corrected chi connectivity index (χ0v) is 11.9. The lowest BCUT2D eigenvalue weighted by Gasteiger charge is -1.98. The van der Waals surface area contributed by atoms with Crippen molar-refractivity contribution in [2.45, 2.75) is 26.3 Å². The standard InChI is InChI=1S/C13H16ClN3S/c1-2-6-15-9-13-17-16-12(18-13)8-10-4-3-5-11(14)7-10/h3-5,7,15H,2,6,8-9H2,1H3. The lowest BCUT2D eigenvalue weighted by Crippen LogP contribution is -2.13. The lowest BCUT2D eigenvalue weighted by molar-refractivity contribution is 0.668. The number of hydrogen-bond acceptors (Lipinski definition) is 4. The van der Waals surface area contributed by atoms with E-state index in [1.807, 2.05) is 18.2 Å². The van der Waals surface area contributed by atoms with E-state index < -0.39 is 0 Å². The van der Waals surface area contributed by atoms with Crippen LogP contribution < -0.4 is 5.32 Å². The third-order valence-electron chi connectivity index (χ3n) is 2.46. The molecular weight excluding hydrogens is 266 g/mol. The van der Waals surface area contributed by atoms with Crippen molar-refractivity contribution >= 4 is 22.9 Å². The molecule has 0 aliphatic heterocycles. The Kier molecular flexibility index (Phi) is 5.11. The van der Waals surface area contributed by atoms with Gasteiger partial charge in [0.25, 0.3) is 0 Å². The van der Waals surface area contributed by atoms with Gasteiger partial charge in [-0.2, -0.15) is 0 Å². The van der Waals surface area contributed by atoms with Crippen molar-refractivity contribution in [1.29, 1.82) is 0 Å². The fourth-order valence-electron chi connectivity index (χ4n) is 1.62. The van der Waals surface area contributed by atoms with E-state index >= 15 is 0 Å². The zero-order chi connectivity index (χ0) is 12.8. The Morgan fingerprint density at radius 1 is 1.28 bits per heavy atom. The van der Waals surface area contributed by atoms with Crippen molar-refractivity contribution in [3.05, 3.63) is 44.9 Å². The number of nitrogens with zero attached hydrogens (tertiary/aromatic N) is 2. The number of nitrogens with one attached hydrogen (secondary N) is 1. The van der Waals surface area contributed by atoms with Crippen molar-refractivity contribution in [3.8, 4) is 0 Å². The van der Waals surface area contributed by atoms with E-state index in [9.17, 15) is 0 Å². The van der Waals surface area contributed by atoms with Gasteiger partial charge in [0.15, 0.2) is 0 Å². The second kappa shape index (κ2) is 6.83. The van der Waals surface area contributed by atoms with Gasteiger partial charge in [-0.15, -0.1) is 10.2 Å². The highest BCUT2D eigenvalue weighted by atomic mass is 35.5. The number of rotatable bonds is 6. The molecule has 1 aromatic heterocycles. The van der Waals surface area contributed by atoms with Gasteiger partial charge >= 0.3 is 0 Å². The second-order valence-electron chi connectivity index (χ2n) is 4.07. The quantitative estimate of drug-likeness (QED) is 0.826. The largest absolute Gasteiger partial charge is 0.310 e. The molecule has 0 atom stereocenters. The molecule has 0 aliphatic carbocycles. The minimum Gasteiger partial charge on any atom is -0.310 e. The smallest absolute Gasteiger partial charge is 0.131 e. The van der Waals surface area contributed by atoms with Gasteiger partial charge in [-0.1, -0.05) is 42.0 Å². The Morgan fingerprint density at radius 3 is 2.89 bits per heavy atom. The van der Waals surface area contributed by atoms with Crippen LogP contribution in [0.15, 0.2) is 24.3 Å². The highest BCUT2D eigenvalue weighted by Crippen LogP contribution is 2.17. The first-order valence-corrected chi connectivity index (χ1v) is 7.24. The SMILES string of the molecule is CCCNCc1nnc(Cc2cccc(Cl)c2)s1. The van der Waals surface area contributed by atoms with Gasteiger partial charge in [0.1, 0.15) is 10.0 Å². The minimum atomic E-state index is 0.766.